The monoisotopic (exact) mass is 543 g/mol. The van der Waals surface area contributed by atoms with Crippen LogP contribution in [-0.4, -0.2) is 53.4 Å². The van der Waals surface area contributed by atoms with Crippen LogP contribution in [0.2, 0.25) is 0 Å². The summed E-state index contributed by atoms with van der Waals surface area (Å²) in [6.07, 6.45) is -0.131. The van der Waals surface area contributed by atoms with E-state index in [0.717, 1.165) is 11.1 Å². The van der Waals surface area contributed by atoms with E-state index < -0.39 is 29.7 Å². The van der Waals surface area contributed by atoms with Crippen LogP contribution in [0.15, 0.2) is 42.5 Å². The van der Waals surface area contributed by atoms with Gasteiger partial charge in [-0.2, -0.15) is 12.6 Å². The van der Waals surface area contributed by atoms with Crippen molar-refractivity contribution in [1.29, 1.82) is 0 Å². The van der Waals surface area contributed by atoms with Crippen molar-refractivity contribution in [3.8, 4) is 5.75 Å². The summed E-state index contributed by atoms with van der Waals surface area (Å²) in [7, 11) is 1.57. The normalized spacial score (nSPS) is 13.6. The Balaban J connectivity index is 2.54. The number of methoxy groups -OCH3 is 1. The van der Waals surface area contributed by atoms with Crippen LogP contribution < -0.4 is 15.4 Å². The fourth-order valence-corrected chi connectivity index (χ4v) is 4.35. The molecule has 0 aliphatic carbocycles. The number of anilines is 1. The number of hydrogen-bond donors (Lipinski definition) is 3. The minimum atomic E-state index is -0.996. The van der Waals surface area contributed by atoms with Crippen molar-refractivity contribution in [2.75, 3.05) is 18.2 Å². The number of aryl methyl sites for hydroxylation is 2. The van der Waals surface area contributed by atoms with Crippen LogP contribution in [0.1, 0.15) is 63.8 Å². The lowest BCUT2D eigenvalue weighted by atomic mass is 9.96. The third kappa shape index (κ3) is 8.68. The molecule has 0 fully saturated rings. The van der Waals surface area contributed by atoms with Crippen LogP contribution in [0.4, 0.5) is 10.5 Å². The number of carbonyl (C=O) groups excluding carboxylic acids is 3. The predicted octanol–water partition coefficient (Wildman–Crippen LogP) is 5.44. The highest BCUT2D eigenvalue weighted by molar-refractivity contribution is 7.80. The number of benzene rings is 2. The summed E-state index contributed by atoms with van der Waals surface area (Å²) in [4.78, 5) is 42.0. The number of rotatable bonds is 10. The summed E-state index contributed by atoms with van der Waals surface area (Å²) in [5.74, 6) is -0.0987. The Morgan fingerprint density at radius 1 is 1.03 bits per heavy atom. The zero-order valence-corrected chi connectivity index (χ0v) is 24.5. The van der Waals surface area contributed by atoms with Crippen LogP contribution in [0.3, 0.4) is 0 Å². The molecule has 8 nitrogen and oxygen atoms in total. The van der Waals surface area contributed by atoms with E-state index in [-0.39, 0.29) is 17.7 Å². The number of alkyl carbamates (subject to hydrolysis) is 1. The van der Waals surface area contributed by atoms with Crippen LogP contribution >= 0.6 is 12.6 Å². The van der Waals surface area contributed by atoms with Gasteiger partial charge in [0.05, 0.1) is 7.11 Å². The van der Waals surface area contributed by atoms with E-state index in [0.29, 0.717) is 23.4 Å². The molecule has 9 heteroatoms. The van der Waals surface area contributed by atoms with Crippen molar-refractivity contribution in [3.05, 3.63) is 59.2 Å². The maximum absolute atomic E-state index is 14.0. The lowest BCUT2D eigenvalue weighted by molar-refractivity contribution is -0.142. The van der Waals surface area contributed by atoms with Gasteiger partial charge in [0.15, 0.2) is 0 Å². The van der Waals surface area contributed by atoms with Gasteiger partial charge in [0.1, 0.15) is 23.4 Å². The number of thiol groups is 1. The molecule has 0 heterocycles. The van der Waals surface area contributed by atoms with Gasteiger partial charge in [-0.1, -0.05) is 36.2 Å². The van der Waals surface area contributed by atoms with Crippen LogP contribution in [0, 0.1) is 13.8 Å². The Labute approximate surface area is 231 Å². The summed E-state index contributed by atoms with van der Waals surface area (Å²) in [5, 5.41) is 5.59. The first-order valence-corrected chi connectivity index (χ1v) is 13.4. The zero-order chi connectivity index (χ0) is 28.6. The van der Waals surface area contributed by atoms with Gasteiger partial charge in [-0.3, -0.25) is 9.59 Å². The number of ether oxygens (including phenoxy) is 2. The minimum absolute atomic E-state index is 0.0324. The fraction of sp³-hybridized carbons (Fsp3) is 0.483. The topological polar surface area (TPSA) is 97.0 Å². The van der Waals surface area contributed by atoms with Crippen molar-refractivity contribution in [2.45, 2.75) is 78.6 Å². The standard InChI is InChI=1S/C29H41N3O5S/c1-9-20(4)32(27(34)24(17-38)31-28(35)37-29(5,6)7)25(21-15-18(2)14-19(3)16-21)26(33)30-22-10-12-23(36-8)13-11-22/h10-16,20,24-25,38H,9,17H2,1-8H3,(H,30,33)(H,31,35). The van der Waals surface area contributed by atoms with Gasteiger partial charge >= 0.3 is 6.09 Å². The number of carbonyl (C=O) groups is 3. The number of hydrogen-bond acceptors (Lipinski definition) is 6. The van der Waals surface area contributed by atoms with Gasteiger partial charge < -0.3 is 25.0 Å². The summed E-state index contributed by atoms with van der Waals surface area (Å²) in [5.41, 5.74) is 2.45. The molecule has 208 valence electrons. The summed E-state index contributed by atoms with van der Waals surface area (Å²) < 4.78 is 10.6. The van der Waals surface area contributed by atoms with Gasteiger partial charge in [-0.05, 0) is 77.8 Å². The molecule has 3 atom stereocenters. The maximum atomic E-state index is 14.0. The molecule has 0 saturated carbocycles. The minimum Gasteiger partial charge on any atom is -0.497 e. The highest BCUT2D eigenvalue weighted by Gasteiger charge is 2.38. The van der Waals surface area contributed by atoms with E-state index in [1.54, 1.807) is 57.0 Å². The third-order valence-corrected chi connectivity index (χ3v) is 6.30. The molecule has 2 rings (SSSR count). The first-order chi connectivity index (χ1) is 17.8. The summed E-state index contributed by atoms with van der Waals surface area (Å²) >= 11 is 4.34. The second-order valence-electron chi connectivity index (χ2n) is 10.4. The first kappa shape index (κ1) is 31.0. The van der Waals surface area contributed by atoms with Crippen molar-refractivity contribution < 1.29 is 23.9 Å². The molecule has 2 aromatic carbocycles. The number of amides is 3. The van der Waals surface area contributed by atoms with Gasteiger partial charge in [-0.25, -0.2) is 4.79 Å². The average molecular weight is 544 g/mol. The van der Waals surface area contributed by atoms with E-state index in [1.807, 2.05) is 45.9 Å². The Hall–Kier alpha value is -3.20. The first-order valence-electron chi connectivity index (χ1n) is 12.7. The van der Waals surface area contributed by atoms with E-state index >= 15 is 0 Å². The van der Waals surface area contributed by atoms with Crippen molar-refractivity contribution in [3.63, 3.8) is 0 Å². The molecular formula is C29H41N3O5S. The second-order valence-corrected chi connectivity index (χ2v) is 10.8. The van der Waals surface area contributed by atoms with Gasteiger partial charge in [0, 0.05) is 17.5 Å². The molecule has 3 amide bonds. The smallest absolute Gasteiger partial charge is 0.408 e. The third-order valence-electron chi connectivity index (χ3n) is 5.94. The lowest BCUT2D eigenvalue weighted by Gasteiger charge is -2.38. The zero-order valence-electron chi connectivity index (χ0n) is 23.6. The van der Waals surface area contributed by atoms with Crippen molar-refractivity contribution in [1.82, 2.24) is 10.2 Å². The Bertz CT molecular complexity index is 1090. The van der Waals surface area contributed by atoms with Crippen molar-refractivity contribution in [2.24, 2.45) is 0 Å². The Kier molecular flexibility index (Phi) is 11.1. The molecule has 0 bridgehead atoms. The largest absolute Gasteiger partial charge is 0.497 e. The summed E-state index contributed by atoms with van der Waals surface area (Å²) in [6.45, 7) is 13.0. The molecule has 0 spiro atoms. The highest BCUT2D eigenvalue weighted by Crippen LogP contribution is 2.29. The van der Waals surface area contributed by atoms with Crippen LogP contribution in [0.25, 0.3) is 0 Å². The molecule has 3 unspecified atom stereocenters. The van der Waals surface area contributed by atoms with E-state index in [4.69, 9.17) is 9.47 Å². The molecule has 2 N–H and O–H groups in total. The second kappa shape index (κ2) is 13.6. The number of nitrogens with one attached hydrogen (secondary N) is 2. The van der Waals surface area contributed by atoms with Crippen LogP contribution in [-0.2, 0) is 14.3 Å². The number of nitrogens with zero attached hydrogens (tertiary/aromatic N) is 1. The SMILES string of the molecule is CCC(C)N(C(=O)C(CS)NC(=O)OC(C)(C)C)C(C(=O)Nc1ccc(OC)cc1)c1cc(C)cc(C)c1. The van der Waals surface area contributed by atoms with E-state index in [9.17, 15) is 14.4 Å². The Morgan fingerprint density at radius 3 is 2.08 bits per heavy atom. The lowest BCUT2D eigenvalue weighted by Crippen LogP contribution is -2.55. The molecule has 0 radical (unpaired) electrons. The molecule has 38 heavy (non-hydrogen) atoms. The molecule has 0 saturated heterocycles. The molecule has 0 aliphatic heterocycles. The van der Waals surface area contributed by atoms with E-state index in [2.05, 4.69) is 23.3 Å². The molecule has 2 aromatic rings. The maximum Gasteiger partial charge on any atom is 0.408 e. The van der Waals surface area contributed by atoms with Gasteiger partial charge in [0.25, 0.3) is 5.91 Å². The summed E-state index contributed by atoms with van der Waals surface area (Å²) in [6, 6.07) is 10.5. The van der Waals surface area contributed by atoms with Gasteiger partial charge in [0.2, 0.25) is 5.91 Å². The van der Waals surface area contributed by atoms with Crippen molar-refractivity contribution >= 4 is 36.2 Å². The fourth-order valence-electron chi connectivity index (χ4n) is 4.10. The van der Waals surface area contributed by atoms with E-state index in [1.165, 1.54) is 0 Å². The van der Waals surface area contributed by atoms with Crippen LogP contribution in [0.5, 0.6) is 5.75 Å². The quantitative estimate of drug-likeness (QED) is 0.347. The molecule has 0 aromatic heterocycles. The predicted molar refractivity (Wildman–Crippen MR) is 154 cm³/mol. The molecule has 0 aliphatic rings. The van der Waals surface area contributed by atoms with Gasteiger partial charge in [-0.15, -0.1) is 0 Å². The highest BCUT2D eigenvalue weighted by atomic mass is 32.1. The Morgan fingerprint density at radius 2 is 1.61 bits per heavy atom. The average Bonchev–Trinajstić information content (AvgIpc) is 2.83. The molecular weight excluding hydrogens is 502 g/mol.